The number of rotatable bonds is 5. The van der Waals surface area contributed by atoms with Crippen molar-refractivity contribution in [2.75, 3.05) is 13.0 Å². The highest BCUT2D eigenvalue weighted by Gasteiger charge is 2.13. The van der Waals surface area contributed by atoms with E-state index in [9.17, 15) is 4.39 Å². The van der Waals surface area contributed by atoms with Crippen molar-refractivity contribution in [2.45, 2.75) is 12.3 Å². The van der Waals surface area contributed by atoms with Gasteiger partial charge in [0.1, 0.15) is 0 Å². The minimum atomic E-state index is -0.339. The van der Waals surface area contributed by atoms with E-state index in [0.717, 1.165) is 15.6 Å². The van der Waals surface area contributed by atoms with Gasteiger partial charge in [-0.15, -0.1) is 11.6 Å². The molecular weight excluding hydrogens is 343 g/mol. The van der Waals surface area contributed by atoms with Gasteiger partial charge >= 0.3 is 0 Å². The van der Waals surface area contributed by atoms with E-state index in [4.69, 9.17) is 16.3 Å². The van der Waals surface area contributed by atoms with E-state index in [-0.39, 0.29) is 17.5 Å². The zero-order valence-corrected chi connectivity index (χ0v) is 13.4. The van der Waals surface area contributed by atoms with Crippen LogP contribution in [0, 0.1) is 5.82 Å². The number of hydrogen-bond acceptors (Lipinski definition) is 1. The lowest BCUT2D eigenvalue weighted by Crippen LogP contribution is -2.05. The lowest BCUT2D eigenvalue weighted by atomic mass is 9.93. The molecule has 0 saturated carbocycles. The van der Waals surface area contributed by atoms with Crippen molar-refractivity contribution in [3.05, 3.63) is 63.9 Å². The Hall–Kier alpha value is -1.06. The van der Waals surface area contributed by atoms with Crippen molar-refractivity contribution < 1.29 is 9.13 Å². The Morgan fingerprint density at radius 1 is 1.20 bits per heavy atom. The molecule has 0 amide bonds. The molecule has 0 fully saturated rings. The molecule has 0 radical (unpaired) electrons. The lowest BCUT2D eigenvalue weighted by Gasteiger charge is -2.15. The number of hydrogen-bond donors (Lipinski definition) is 0. The van der Waals surface area contributed by atoms with Crippen molar-refractivity contribution in [2.24, 2.45) is 0 Å². The number of methoxy groups -OCH3 is 1. The summed E-state index contributed by atoms with van der Waals surface area (Å²) in [6, 6.07) is 13.1. The smallest absolute Gasteiger partial charge is 0.165 e. The summed E-state index contributed by atoms with van der Waals surface area (Å²) in [6.45, 7) is 0. The van der Waals surface area contributed by atoms with E-state index in [0.29, 0.717) is 12.3 Å². The molecule has 0 aliphatic heterocycles. The Bertz CT molecular complexity index is 571. The van der Waals surface area contributed by atoms with Crippen LogP contribution in [0.5, 0.6) is 5.75 Å². The molecule has 0 aliphatic rings. The maximum atomic E-state index is 13.7. The molecule has 4 heteroatoms. The van der Waals surface area contributed by atoms with Crippen LogP contribution in [0.25, 0.3) is 0 Å². The summed E-state index contributed by atoms with van der Waals surface area (Å²) < 4.78 is 19.7. The van der Waals surface area contributed by atoms with Crippen molar-refractivity contribution in [1.82, 2.24) is 0 Å². The molecule has 0 aliphatic carbocycles. The highest BCUT2D eigenvalue weighted by Crippen LogP contribution is 2.26. The third-order valence-electron chi connectivity index (χ3n) is 3.23. The van der Waals surface area contributed by atoms with Crippen LogP contribution in [-0.2, 0) is 6.42 Å². The third kappa shape index (κ3) is 3.74. The summed E-state index contributed by atoms with van der Waals surface area (Å²) in [6.07, 6.45) is 0.700. The van der Waals surface area contributed by atoms with Gasteiger partial charge < -0.3 is 4.74 Å². The average molecular weight is 358 g/mol. The lowest BCUT2D eigenvalue weighted by molar-refractivity contribution is 0.386. The summed E-state index contributed by atoms with van der Waals surface area (Å²) in [4.78, 5) is 0. The minimum absolute atomic E-state index is 0.164. The molecule has 0 N–H and O–H groups in total. The van der Waals surface area contributed by atoms with Crippen molar-refractivity contribution >= 4 is 27.5 Å². The van der Waals surface area contributed by atoms with Crippen LogP contribution in [0.1, 0.15) is 17.0 Å². The Morgan fingerprint density at radius 3 is 2.45 bits per heavy atom. The molecule has 0 saturated heterocycles. The van der Waals surface area contributed by atoms with E-state index in [2.05, 4.69) is 15.9 Å². The van der Waals surface area contributed by atoms with Crippen LogP contribution in [0.2, 0.25) is 0 Å². The second-order valence-corrected chi connectivity index (χ2v) is 5.80. The van der Waals surface area contributed by atoms with Crippen molar-refractivity contribution in [3.63, 3.8) is 0 Å². The zero-order valence-electron chi connectivity index (χ0n) is 11.1. The molecule has 0 spiro atoms. The van der Waals surface area contributed by atoms with Gasteiger partial charge in [0.25, 0.3) is 0 Å². The molecule has 0 bridgehead atoms. The summed E-state index contributed by atoms with van der Waals surface area (Å²) in [5.74, 6) is 0.585. The first kappa shape index (κ1) is 15.3. The van der Waals surface area contributed by atoms with Gasteiger partial charge in [0.05, 0.1) is 7.11 Å². The normalized spacial score (nSPS) is 12.2. The Balaban J connectivity index is 2.17. The second kappa shape index (κ2) is 7.09. The zero-order chi connectivity index (χ0) is 14.5. The molecule has 2 aromatic carbocycles. The highest BCUT2D eigenvalue weighted by atomic mass is 79.9. The predicted octanol–water partition coefficient (Wildman–Crippen LogP) is 5.16. The van der Waals surface area contributed by atoms with Gasteiger partial charge in [0.15, 0.2) is 11.6 Å². The number of ether oxygens (including phenoxy) is 1. The van der Waals surface area contributed by atoms with Gasteiger partial charge in [0.2, 0.25) is 0 Å². The molecule has 1 nitrogen and oxygen atoms in total. The molecule has 1 atom stereocenters. The third-order valence-corrected chi connectivity index (χ3v) is 4.13. The van der Waals surface area contributed by atoms with E-state index in [1.807, 2.05) is 30.3 Å². The molecule has 0 aromatic heterocycles. The van der Waals surface area contributed by atoms with Crippen LogP contribution >= 0.6 is 27.5 Å². The number of benzene rings is 2. The van der Waals surface area contributed by atoms with Crippen LogP contribution in [0.3, 0.4) is 0 Å². The molecule has 0 heterocycles. The largest absolute Gasteiger partial charge is 0.494 e. The van der Waals surface area contributed by atoms with Gasteiger partial charge in [-0.1, -0.05) is 34.1 Å². The highest BCUT2D eigenvalue weighted by molar-refractivity contribution is 9.10. The molecular formula is C16H15BrClFO. The summed E-state index contributed by atoms with van der Waals surface area (Å²) >= 11 is 9.47. The monoisotopic (exact) mass is 356 g/mol. The number of halogens is 3. The van der Waals surface area contributed by atoms with Gasteiger partial charge in [-0.25, -0.2) is 4.39 Å². The Kier molecular flexibility index (Phi) is 5.44. The SMILES string of the molecule is COc1ccc(CC(CCl)c2ccc(Br)cc2)cc1F. The second-order valence-electron chi connectivity index (χ2n) is 4.58. The van der Waals surface area contributed by atoms with Crippen LogP contribution < -0.4 is 4.74 Å². The van der Waals surface area contributed by atoms with Gasteiger partial charge in [-0.2, -0.15) is 0 Å². The van der Waals surface area contributed by atoms with Crippen LogP contribution in [-0.4, -0.2) is 13.0 Å². The summed E-state index contributed by atoms with van der Waals surface area (Å²) in [5.41, 5.74) is 2.07. The van der Waals surface area contributed by atoms with Crippen LogP contribution in [0.4, 0.5) is 4.39 Å². The van der Waals surface area contributed by atoms with Crippen molar-refractivity contribution in [1.29, 1.82) is 0 Å². The van der Waals surface area contributed by atoms with Crippen molar-refractivity contribution in [3.8, 4) is 5.75 Å². The van der Waals surface area contributed by atoms with E-state index in [1.165, 1.54) is 13.2 Å². The fourth-order valence-corrected chi connectivity index (χ4v) is 2.67. The Morgan fingerprint density at radius 2 is 1.90 bits per heavy atom. The van der Waals surface area contributed by atoms with E-state index >= 15 is 0 Å². The molecule has 106 valence electrons. The first-order valence-electron chi connectivity index (χ1n) is 6.28. The quantitative estimate of drug-likeness (QED) is 0.671. The van der Waals surface area contributed by atoms with Gasteiger partial charge in [-0.3, -0.25) is 0 Å². The number of alkyl halides is 1. The average Bonchev–Trinajstić information content (AvgIpc) is 2.46. The first-order valence-corrected chi connectivity index (χ1v) is 7.60. The van der Waals surface area contributed by atoms with E-state index < -0.39 is 0 Å². The topological polar surface area (TPSA) is 9.23 Å². The van der Waals surface area contributed by atoms with Gasteiger partial charge in [-0.05, 0) is 41.8 Å². The minimum Gasteiger partial charge on any atom is -0.494 e. The van der Waals surface area contributed by atoms with Gasteiger partial charge in [0, 0.05) is 16.3 Å². The summed E-state index contributed by atoms with van der Waals surface area (Å²) in [5, 5.41) is 0. The Labute approximate surface area is 131 Å². The van der Waals surface area contributed by atoms with E-state index in [1.54, 1.807) is 6.07 Å². The maximum Gasteiger partial charge on any atom is 0.165 e. The fraction of sp³-hybridized carbons (Fsp3) is 0.250. The molecule has 2 aromatic rings. The molecule has 1 unspecified atom stereocenters. The predicted molar refractivity (Wildman–Crippen MR) is 84.3 cm³/mol. The maximum absolute atomic E-state index is 13.7. The standard InChI is InChI=1S/C16H15BrClFO/c1-20-16-7-2-11(9-15(16)19)8-13(10-18)12-3-5-14(17)6-4-12/h2-7,9,13H,8,10H2,1H3. The summed E-state index contributed by atoms with van der Waals surface area (Å²) in [7, 11) is 1.46. The molecule has 20 heavy (non-hydrogen) atoms. The molecule has 2 rings (SSSR count). The first-order chi connectivity index (χ1) is 9.63. The fourth-order valence-electron chi connectivity index (χ4n) is 2.12. The van der Waals surface area contributed by atoms with Crippen LogP contribution in [0.15, 0.2) is 46.9 Å².